The molecule has 0 unspecified atom stereocenters. The van der Waals surface area contributed by atoms with Crippen LogP contribution >= 0.6 is 11.6 Å². The number of likely N-dealkylation sites (tertiary alicyclic amines) is 2. The van der Waals surface area contributed by atoms with Crippen LogP contribution in [0.5, 0.6) is 0 Å². The lowest BCUT2D eigenvalue weighted by atomic mass is 9.77. The van der Waals surface area contributed by atoms with Gasteiger partial charge in [0, 0.05) is 38.1 Å². The SMILES string of the molecule is CN1C(=O)C[C@H](C(=O)O)C12CCN(Cc1cc(F)ccc1Cl)CC2. The molecule has 1 aromatic carbocycles. The molecule has 0 aromatic heterocycles. The lowest BCUT2D eigenvalue weighted by Gasteiger charge is -2.45. The van der Waals surface area contributed by atoms with E-state index in [9.17, 15) is 19.1 Å². The van der Waals surface area contributed by atoms with Crippen LogP contribution in [0, 0.1) is 11.7 Å². The van der Waals surface area contributed by atoms with Gasteiger partial charge in [-0.05, 0) is 36.6 Å². The van der Waals surface area contributed by atoms with Gasteiger partial charge in [0.2, 0.25) is 5.91 Å². The molecule has 2 fully saturated rings. The lowest BCUT2D eigenvalue weighted by molar-refractivity contribution is -0.146. The molecule has 5 nitrogen and oxygen atoms in total. The monoisotopic (exact) mass is 354 g/mol. The first kappa shape index (κ1) is 17.2. The van der Waals surface area contributed by atoms with Crippen molar-refractivity contribution in [3.8, 4) is 0 Å². The van der Waals surface area contributed by atoms with Crippen LogP contribution in [0.3, 0.4) is 0 Å². The minimum Gasteiger partial charge on any atom is -0.481 e. The Bertz CT molecular complexity index is 674. The molecule has 2 aliphatic rings. The van der Waals surface area contributed by atoms with Crippen molar-refractivity contribution in [1.29, 1.82) is 0 Å². The van der Waals surface area contributed by atoms with Gasteiger partial charge in [-0.25, -0.2) is 4.39 Å². The smallest absolute Gasteiger partial charge is 0.309 e. The summed E-state index contributed by atoms with van der Waals surface area (Å²) in [7, 11) is 1.70. The van der Waals surface area contributed by atoms with E-state index in [1.165, 1.54) is 12.1 Å². The second-order valence-electron chi connectivity index (χ2n) is 6.66. The van der Waals surface area contributed by atoms with Gasteiger partial charge < -0.3 is 10.0 Å². The summed E-state index contributed by atoms with van der Waals surface area (Å²) in [6, 6.07) is 4.30. The molecule has 2 aliphatic heterocycles. The average Bonchev–Trinajstić information content (AvgIpc) is 2.79. The van der Waals surface area contributed by atoms with E-state index in [1.807, 2.05) is 0 Å². The Hall–Kier alpha value is -1.66. The predicted molar refractivity (Wildman–Crippen MR) is 87.2 cm³/mol. The molecule has 0 bridgehead atoms. The molecule has 3 rings (SSSR count). The summed E-state index contributed by atoms with van der Waals surface area (Å²) in [5.74, 6) is -2.00. The molecule has 7 heteroatoms. The third-order valence-corrected chi connectivity index (χ3v) is 5.86. The summed E-state index contributed by atoms with van der Waals surface area (Å²) in [6.07, 6.45) is 1.26. The van der Waals surface area contributed by atoms with Crippen molar-refractivity contribution in [2.45, 2.75) is 31.3 Å². The number of carbonyl (C=O) groups is 2. The zero-order chi connectivity index (χ0) is 17.5. The summed E-state index contributed by atoms with van der Waals surface area (Å²) in [4.78, 5) is 27.3. The number of nitrogens with zero attached hydrogens (tertiary/aromatic N) is 2. The number of amides is 1. The van der Waals surface area contributed by atoms with E-state index in [-0.39, 0.29) is 18.1 Å². The summed E-state index contributed by atoms with van der Waals surface area (Å²) >= 11 is 6.12. The van der Waals surface area contributed by atoms with Crippen LogP contribution in [0.25, 0.3) is 0 Å². The lowest BCUT2D eigenvalue weighted by Crippen LogP contribution is -2.55. The van der Waals surface area contributed by atoms with E-state index in [4.69, 9.17) is 11.6 Å². The van der Waals surface area contributed by atoms with E-state index in [0.717, 1.165) is 5.56 Å². The van der Waals surface area contributed by atoms with Crippen molar-refractivity contribution in [2.24, 2.45) is 5.92 Å². The molecule has 130 valence electrons. The largest absolute Gasteiger partial charge is 0.481 e. The van der Waals surface area contributed by atoms with Crippen molar-refractivity contribution in [2.75, 3.05) is 20.1 Å². The fourth-order valence-electron chi connectivity index (χ4n) is 3.99. The molecular formula is C17H20ClFN2O3. The molecule has 0 aliphatic carbocycles. The normalized spacial score (nSPS) is 23.9. The van der Waals surface area contributed by atoms with Crippen LogP contribution in [-0.4, -0.2) is 52.5 Å². The summed E-state index contributed by atoms with van der Waals surface area (Å²) in [5, 5.41) is 10.0. The number of halogens is 2. The number of hydrogen-bond acceptors (Lipinski definition) is 3. The second kappa shape index (κ2) is 6.33. The molecule has 1 N–H and O–H groups in total. The molecule has 1 spiro atoms. The fraction of sp³-hybridized carbons (Fsp3) is 0.529. The fourth-order valence-corrected chi connectivity index (χ4v) is 4.17. The van der Waals surface area contributed by atoms with Crippen molar-refractivity contribution >= 4 is 23.5 Å². The number of carbonyl (C=O) groups excluding carboxylic acids is 1. The highest BCUT2D eigenvalue weighted by Gasteiger charge is 2.55. The quantitative estimate of drug-likeness (QED) is 0.905. The van der Waals surface area contributed by atoms with Gasteiger partial charge in [0.05, 0.1) is 11.5 Å². The van der Waals surface area contributed by atoms with Gasteiger partial charge in [0.25, 0.3) is 0 Å². The number of carboxylic acid groups (broad SMARTS) is 1. The Labute approximate surface area is 145 Å². The molecule has 1 aromatic rings. The van der Waals surface area contributed by atoms with Gasteiger partial charge in [0.1, 0.15) is 5.82 Å². The summed E-state index contributed by atoms with van der Waals surface area (Å²) in [6.45, 7) is 1.81. The molecule has 24 heavy (non-hydrogen) atoms. The van der Waals surface area contributed by atoms with Gasteiger partial charge in [-0.3, -0.25) is 14.5 Å². The van der Waals surface area contributed by atoms with Crippen LogP contribution in [0.2, 0.25) is 5.02 Å². The van der Waals surface area contributed by atoms with Crippen LogP contribution in [0.4, 0.5) is 4.39 Å². The number of benzene rings is 1. The van der Waals surface area contributed by atoms with Crippen molar-refractivity contribution in [3.63, 3.8) is 0 Å². The van der Waals surface area contributed by atoms with Crippen molar-refractivity contribution < 1.29 is 19.1 Å². The number of carboxylic acids is 1. The molecular weight excluding hydrogens is 335 g/mol. The van der Waals surface area contributed by atoms with Crippen LogP contribution in [0.15, 0.2) is 18.2 Å². The molecule has 0 saturated carbocycles. The van der Waals surface area contributed by atoms with Gasteiger partial charge in [-0.15, -0.1) is 0 Å². The van der Waals surface area contributed by atoms with Crippen molar-refractivity contribution in [3.05, 3.63) is 34.6 Å². The molecule has 0 radical (unpaired) electrons. The highest BCUT2D eigenvalue weighted by molar-refractivity contribution is 6.31. The van der Waals surface area contributed by atoms with Crippen LogP contribution in [-0.2, 0) is 16.1 Å². The van der Waals surface area contributed by atoms with E-state index >= 15 is 0 Å². The first-order valence-electron chi connectivity index (χ1n) is 7.99. The minimum absolute atomic E-state index is 0.0710. The molecule has 2 heterocycles. The van der Waals surface area contributed by atoms with Gasteiger partial charge >= 0.3 is 5.97 Å². The number of hydrogen-bond donors (Lipinski definition) is 1. The van der Waals surface area contributed by atoms with Gasteiger partial charge in [0.15, 0.2) is 0 Å². The minimum atomic E-state index is -0.908. The zero-order valence-corrected chi connectivity index (χ0v) is 14.2. The Balaban J connectivity index is 1.72. The number of rotatable bonds is 3. The Kier molecular flexibility index (Phi) is 4.53. The third kappa shape index (κ3) is 2.89. The average molecular weight is 355 g/mol. The number of piperidine rings is 1. The zero-order valence-electron chi connectivity index (χ0n) is 13.5. The maximum absolute atomic E-state index is 13.4. The first-order valence-corrected chi connectivity index (χ1v) is 8.37. The van der Waals surface area contributed by atoms with Crippen LogP contribution in [0.1, 0.15) is 24.8 Å². The Morgan fingerprint density at radius 3 is 2.71 bits per heavy atom. The molecule has 1 amide bonds. The summed E-state index contributed by atoms with van der Waals surface area (Å²) < 4.78 is 13.4. The van der Waals surface area contributed by atoms with E-state index in [1.54, 1.807) is 18.0 Å². The maximum atomic E-state index is 13.4. The third-order valence-electron chi connectivity index (χ3n) is 5.49. The Morgan fingerprint density at radius 1 is 1.42 bits per heavy atom. The molecule has 2 saturated heterocycles. The van der Waals surface area contributed by atoms with Gasteiger partial charge in [-0.1, -0.05) is 11.6 Å². The van der Waals surface area contributed by atoms with E-state index < -0.39 is 17.4 Å². The Morgan fingerprint density at radius 2 is 2.08 bits per heavy atom. The van der Waals surface area contributed by atoms with Gasteiger partial charge in [-0.2, -0.15) is 0 Å². The van der Waals surface area contributed by atoms with E-state index in [0.29, 0.717) is 37.5 Å². The number of aliphatic carboxylic acids is 1. The van der Waals surface area contributed by atoms with Crippen LogP contribution < -0.4 is 0 Å². The van der Waals surface area contributed by atoms with E-state index in [2.05, 4.69) is 4.90 Å². The summed E-state index contributed by atoms with van der Waals surface area (Å²) in [5.41, 5.74) is 0.115. The standard InChI is InChI=1S/C17H20ClFN2O3/c1-20-15(22)9-13(16(23)24)17(20)4-6-21(7-5-17)10-11-8-12(19)2-3-14(11)18/h2-3,8,13H,4-7,9-10H2,1H3,(H,23,24)/t13-/m1/s1. The topological polar surface area (TPSA) is 60.9 Å². The highest BCUT2D eigenvalue weighted by atomic mass is 35.5. The predicted octanol–water partition coefficient (Wildman–Crippen LogP) is 2.38. The first-order chi connectivity index (χ1) is 11.3. The van der Waals surface area contributed by atoms with Crippen molar-refractivity contribution in [1.82, 2.24) is 9.80 Å². The maximum Gasteiger partial charge on any atom is 0.309 e. The highest BCUT2D eigenvalue weighted by Crippen LogP contribution is 2.43. The molecule has 1 atom stereocenters. The second-order valence-corrected chi connectivity index (χ2v) is 7.07.